The van der Waals surface area contributed by atoms with Crippen molar-refractivity contribution >= 4 is 21.8 Å². The molecule has 0 fully saturated rings. The summed E-state index contributed by atoms with van der Waals surface area (Å²) in [6.07, 6.45) is 0. The third-order valence-electron chi connectivity index (χ3n) is 4.01. The van der Waals surface area contributed by atoms with Crippen LogP contribution in [0.2, 0.25) is 0 Å². The lowest BCUT2D eigenvalue weighted by Crippen LogP contribution is -1.98. The van der Waals surface area contributed by atoms with Gasteiger partial charge in [0.2, 0.25) is 0 Å². The lowest BCUT2D eigenvalue weighted by atomic mass is 10.2. The third-order valence-corrected chi connectivity index (χ3v) is 4.01. The Morgan fingerprint density at radius 1 is 0.667 bits per heavy atom. The van der Waals surface area contributed by atoms with Gasteiger partial charge in [0.05, 0.1) is 11.0 Å². The molecule has 102 valence electrons. The highest BCUT2D eigenvalue weighted by Crippen LogP contribution is 2.31. The summed E-state index contributed by atoms with van der Waals surface area (Å²) in [7, 11) is 0. The Kier molecular flexibility index (Phi) is 2.76. The summed E-state index contributed by atoms with van der Waals surface area (Å²) in [5.41, 5.74) is 10.5. The van der Waals surface area contributed by atoms with Gasteiger partial charge in [0.25, 0.3) is 0 Å². The molecule has 0 amide bonds. The molecule has 2 heteroatoms. The number of nitrogens with two attached hydrogens (primary N) is 1. The van der Waals surface area contributed by atoms with E-state index in [4.69, 9.17) is 5.73 Å². The summed E-state index contributed by atoms with van der Waals surface area (Å²) in [6.45, 7) is 0.577. The van der Waals surface area contributed by atoms with Crippen molar-refractivity contribution < 1.29 is 0 Å². The van der Waals surface area contributed by atoms with E-state index >= 15 is 0 Å². The lowest BCUT2D eigenvalue weighted by Gasteiger charge is -2.08. The number of benzene rings is 3. The predicted molar refractivity (Wildman–Crippen MR) is 88.7 cm³/mol. The number of para-hydroxylation sites is 2. The highest BCUT2D eigenvalue weighted by atomic mass is 15.0. The zero-order chi connectivity index (χ0) is 14.2. The summed E-state index contributed by atoms with van der Waals surface area (Å²) < 4.78 is 2.31. The molecule has 0 saturated heterocycles. The second-order valence-corrected chi connectivity index (χ2v) is 5.24. The predicted octanol–water partition coefficient (Wildman–Crippen LogP) is 4.24. The van der Waals surface area contributed by atoms with Crippen LogP contribution in [0.5, 0.6) is 0 Å². The van der Waals surface area contributed by atoms with E-state index in [0.717, 1.165) is 5.56 Å². The minimum absolute atomic E-state index is 0.577. The number of rotatable bonds is 2. The molecule has 0 radical (unpaired) electrons. The second kappa shape index (κ2) is 4.76. The van der Waals surface area contributed by atoms with Crippen molar-refractivity contribution in [2.24, 2.45) is 5.73 Å². The molecule has 2 N–H and O–H groups in total. The van der Waals surface area contributed by atoms with Crippen molar-refractivity contribution in [1.29, 1.82) is 0 Å². The first-order valence-corrected chi connectivity index (χ1v) is 7.16. The molecule has 0 aliphatic carbocycles. The Bertz CT molecular complexity index is 864. The van der Waals surface area contributed by atoms with Gasteiger partial charge in [-0.25, -0.2) is 0 Å². The standard InChI is InChI=1S/C19H16N2/c20-13-14-9-11-15(12-10-14)21-18-7-3-1-5-16(18)17-6-2-4-8-19(17)21/h1-12H,13,20H2. The van der Waals surface area contributed by atoms with Crippen LogP contribution in [0.25, 0.3) is 27.5 Å². The SMILES string of the molecule is NCc1ccc(-n2c3ccccc3c3ccccc32)cc1. The molecule has 0 bridgehead atoms. The van der Waals surface area contributed by atoms with Crippen molar-refractivity contribution in [3.05, 3.63) is 78.4 Å². The zero-order valence-corrected chi connectivity index (χ0v) is 11.7. The molecule has 3 aromatic carbocycles. The first-order valence-electron chi connectivity index (χ1n) is 7.16. The van der Waals surface area contributed by atoms with Gasteiger partial charge in [0.15, 0.2) is 0 Å². The van der Waals surface area contributed by atoms with E-state index in [1.54, 1.807) is 0 Å². The Labute approximate surface area is 123 Å². The molecule has 1 heterocycles. The maximum atomic E-state index is 5.69. The van der Waals surface area contributed by atoms with Crippen LogP contribution in [0.15, 0.2) is 72.8 Å². The molecule has 21 heavy (non-hydrogen) atoms. The van der Waals surface area contributed by atoms with Crippen molar-refractivity contribution in [1.82, 2.24) is 4.57 Å². The molecule has 4 rings (SSSR count). The average Bonchev–Trinajstić information content (AvgIpc) is 2.90. The average molecular weight is 272 g/mol. The van der Waals surface area contributed by atoms with Gasteiger partial charge in [0.1, 0.15) is 0 Å². The Hall–Kier alpha value is -2.58. The van der Waals surface area contributed by atoms with E-state index in [9.17, 15) is 0 Å². The molecule has 4 aromatic rings. The summed E-state index contributed by atoms with van der Waals surface area (Å²) in [4.78, 5) is 0. The first kappa shape index (κ1) is 12.2. The highest BCUT2D eigenvalue weighted by molar-refractivity contribution is 6.09. The van der Waals surface area contributed by atoms with Crippen molar-refractivity contribution in [2.75, 3.05) is 0 Å². The van der Waals surface area contributed by atoms with Crippen LogP contribution in [0.4, 0.5) is 0 Å². The van der Waals surface area contributed by atoms with E-state index in [2.05, 4.69) is 77.4 Å². The van der Waals surface area contributed by atoms with Crippen LogP contribution in [0, 0.1) is 0 Å². The van der Waals surface area contributed by atoms with Gasteiger partial charge < -0.3 is 10.3 Å². The van der Waals surface area contributed by atoms with Crippen LogP contribution in [-0.2, 0) is 6.54 Å². The van der Waals surface area contributed by atoms with E-state index in [1.165, 1.54) is 27.5 Å². The van der Waals surface area contributed by atoms with Gasteiger partial charge in [-0.2, -0.15) is 0 Å². The van der Waals surface area contributed by atoms with Gasteiger partial charge in [-0.1, -0.05) is 48.5 Å². The van der Waals surface area contributed by atoms with Gasteiger partial charge in [-0.15, -0.1) is 0 Å². The minimum atomic E-state index is 0.577. The first-order chi connectivity index (χ1) is 10.4. The monoisotopic (exact) mass is 272 g/mol. The third kappa shape index (κ3) is 1.84. The largest absolute Gasteiger partial charge is 0.326 e. The smallest absolute Gasteiger partial charge is 0.0541 e. The normalized spacial score (nSPS) is 11.3. The quantitative estimate of drug-likeness (QED) is 0.581. The second-order valence-electron chi connectivity index (χ2n) is 5.24. The molecule has 0 unspecified atom stereocenters. The molecule has 0 aliphatic rings. The topological polar surface area (TPSA) is 30.9 Å². The molecule has 0 saturated carbocycles. The number of fused-ring (bicyclic) bond motifs is 3. The van der Waals surface area contributed by atoms with Crippen molar-refractivity contribution in [2.45, 2.75) is 6.54 Å². The van der Waals surface area contributed by atoms with Crippen LogP contribution < -0.4 is 5.73 Å². The molecular weight excluding hydrogens is 256 g/mol. The lowest BCUT2D eigenvalue weighted by molar-refractivity contribution is 1.06. The van der Waals surface area contributed by atoms with Crippen LogP contribution >= 0.6 is 0 Å². The van der Waals surface area contributed by atoms with Crippen molar-refractivity contribution in [3.8, 4) is 5.69 Å². The maximum Gasteiger partial charge on any atom is 0.0541 e. The van der Waals surface area contributed by atoms with Gasteiger partial charge in [-0.05, 0) is 29.8 Å². The van der Waals surface area contributed by atoms with Crippen molar-refractivity contribution in [3.63, 3.8) is 0 Å². The Morgan fingerprint density at radius 2 is 1.19 bits per heavy atom. The summed E-state index contributed by atoms with van der Waals surface area (Å²) in [6, 6.07) is 25.5. The van der Waals surface area contributed by atoms with Crippen LogP contribution in [0.3, 0.4) is 0 Å². The molecule has 2 nitrogen and oxygen atoms in total. The fourth-order valence-electron chi connectivity index (χ4n) is 2.98. The fourth-order valence-corrected chi connectivity index (χ4v) is 2.98. The number of hydrogen-bond acceptors (Lipinski definition) is 1. The van der Waals surface area contributed by atoms with E-state index in [-0.39, 0.29) is 0 Å². The van der Waals surface area contributed by atoms with Crippen LogP contribution in [0.1, 0.15) is 5.56 Å². The summed E-state index contributed by atoms with van der Waals surface area (Å²) >= 11 is 0. The number of nitrogens with zero attached hydrogens (tertiary/aromatic N) is 1. The van der Waals surface area contributed by atoms with E-state index in [0.29, 0.717) is 6.54 Å². The van der Waals surface area contributed by atoms with Gasteiger partial charge >= 0.3 is 0 Å². The van der Waals surface area contributed by atoms with E-state index < -0.39 is 0 Å². The van der Waals surface area contributed by atoms with Gasteiger partial charge in [0, 0.05) is 23.0 Å². The molecule has 1 aromatic heterocycles. The Morgan fingerprint density at radius 3 is 1.71 bits per heavy atom. The number of hydrogen-bond donors (Lipinski definition) is 1. The molecular formula is C19H16N2. The summed E-state index contributed by atoms with van der Waals surface area (Å²) in [5.74, 6) is 0. The van der Waals surface area contributed by atoms with Gasteiger partial charge in [-0.3, -0.25) is 0 Å². The van der Waals surface area contributed by atoms with E-state index in [1.807, 2.05) is 0 Å². The minimum Gasteiger partial charge on any atom is -0.326 e. The number of aromatic nitrogens is 1. The zero-order valence-electron chi connectivity index (χ0n) is 11.7. The molecule has 0 aliphatic heterocycles. The highest BCUT2D eigenvalue weighted by Gasteiger charge is 2.10. The fraction of sp³-hybridized carbons (Fsp3) is 0.0526. The maximum absolute atomic E-state index is 5.69. The molecule has 0 spiro atoms. The molecule has 0 atom stereocenters. The van der Waals surface area contributed by atoms with Crippen LogP contribution in [-0.4, -0.2) is 4.57 Å². The summed E-state index contributed by atoms with van der Waals surface area (Å²) in [5, 5.41) is 2.58. The Balaban J connectivity index is 2.09.